The number of nitrogens with two attached hydrogens (primary N) is 1. The van der Waals surface area contributed by atoms with E-state index in [1.807, 2.05) is 36.4 Å². The molecule has 20 heavy (non-hydrogen) atoms. The zero-order chi connectivity index (χ0) is 14.5. The highest BCUT2D eigenvalue weighted by Gasteiger charge is 2.14. The summed E-state index contributed by atoms with van der Waals surface area (Å²) in [5.74, 6) is 0.710. The van der Waals surface area contributed by atoms with Crippen LogP contribution in [-0.2, 0) is 11.2 Å². The van der Waals surface area contributed by atoms with Gasteiger partial charge in [0.05, 0.1) is 13.5 Å². The van der Waals surface area contributed by atoms with Crippen LogP contribution in [0.25, 0.3) is 0 Å². The van der Waals surface area contributed by atoms with Crippen molar-refractivity contribution in [3.05, 3.63) is 54.1 Å². The molecular weight excluding hydrogens is 252 g/mol. The Morgan fingerprint density at radius 2 is 1.95 bits per heavy atom. The number of ether oxygens (including phenoxy) is 1. The Hall–Kier alpha value is -2.49. The highest BCUT2D eigenvalue weighted by Crippen LogP contribution is 2.21. The Morgan fingerprint density at radius 1 is 1.20 bits per heavy atom. The number of hydrogen-bond acceptors (Lipinski definition) is 3. The summed E-state index contributed by atoms with van der Waals surface area (Å²) in [5.41, 5.74) is 8.03. The number of nitrogens with zero attached hydrogens (tertiary/aromatic N) is 1. The first-order valence-electron chi connectivity index (χ1n) is 6.36. The fourth-order valence-electron chi connectivity index (χ4n) is 2.01. The number of nitrogen functional groups attached to an aromatic ring is 1. The first-order chi connectivity index (χ1) is 9.61. The standard InChI is InChI=1S/C16H18N2O2/c1-18(14-8-5-7-13(17)11-14)16(19)10-12-6-3-4-9-15(12)20-2/h3-9,11H,10,17H2,1-2H3. The van der Waals surface area contributed by atoms with Crippen molar-refractivity contribution in [3.8, 4) is 5.75 Å². The van der Waals surface area contributed by atoms with Crippen LogP contribution in [0.4, 0.5) is 11.4 Å². The number of rotatable bonds is 4. The number of benzene rings is 2. The van der Waals surface area contributed by atoms with Crippen LogP contribution in [-0.4, -0.2) is 20.1 Å². The molecule has 0 aromatic heterocycles. The summed E-state index contributed by atoms with van der Waals surface area (Å²) in [6.07, 6.45) is 0.287. The summed E-state index contributed by atoms with van der Waals surface area (Å²) in [7, 11) is 3.34. The van der Waals surface area contributed by atoms with Crippen LogP contribution in [0.3, 0.4) is 0 Å². The molecule has 0 aliphatic heterocycles. The number of hydrogen-bond donors (Lipinski definition) is 1. The first kappa shape index (κ1) is 13.9. The average Bonchev–Trinajstić information content (AvgIpc) is 2.47. The molecule has 0 bridgehead atoms. The molecule has 0 heterocycles. The molecule has 2 aromatic carbocycles. The molecule has 0 saturated carbocycles. The van der Waals surface area contributed by atoms with E-state index in [1.54, 1.807) is 31.2 Å². The van der Waals surface area contributed by atoms with Gasteiger partial charge >= 0.3 is 0 Å². The Bertz CT molecular complexity index is 611. The van der Waals surface area contributed by atoms with Gasteiger partial charge in [0, 0.05) is 24.0 Å². The fourth-order valence-corrected chi connectivity index (χ4v) is 2.01. The molecule has 0 spiro atoms. The number of carbonyl (C=O) groups is 1. The van der Waals surface area contributed by atoms with Crippen molar-refractivity contribution in [2.24, 2.45) is 0 Å². The Balaban J connectivity index is 2.15. The lowest BCUT2D eigenvalue weighted by Gasteiger charge is -2.18. The number of likely N-dealkylation sites (N-methyl/N-ethyl adjacent to an activating group) is 1. The lowest BCUT2D eigenvalue weighted by atomic mass is 10.1. The monoisotopic (exact) mass is 270 g/mol. The van der Waals surface area contributed by atoms with Crippen molar-refractivity contribution in [3.63, 3.8) is 0 Å². The van der Waals surface area contributed by atoms with Crippen LogP contribution < -0.4 is 15.4 Å². The highest BCUT2D eigenvalue weighted by molar-refractivity contribution is 5.94. The van der Waals surface area contributed by atoms with Crippen LogP contribution in [0.2, 0.25) is 0 Å². The molecule has 0 unspecified atom stereocenters. The zero-order valence-corrected chi connectivity index (χ0v) is 11.7. The maximum absolute atomic E-state index is 12.3. The summed E-state index contributed by atoms with van der Waals surface area (Å²) < 4.78 is 5.26. The number of anilines is 2. The van der Waals surface area contributed by atoms with Crippen molar-refractivity contribution in [1.82, 2.24) is 0 Å². The van der Waals surface area contributed by atoms with Crippen LogP contribution in [0.5, 0.6) is 5.75 Å². The highest BCUT2D eigenvalue weighted by atomic mass is 16.5. The van der Waals surface area contributed by atoms with E-state index in [1.165, 1.54) is 0 Å². The quantitative estimate of drug-likeness (QED) is 0.868. The van der Waals surface area contributed by atoms with Gasteiger partial charge in [-0.15, -0.1) is 0 Å². The first-order valence-corrected chi connectivity index (χ1v) is 6.36. The molecule has 0 aliphatic carbocycles. The summed E-state index contributed by atoms with van der Waals surface area (Å²) in [6.45, 7) is 0. The maximum Gasteiger partial charge on any atom is 0.231 e. The second-order valence-corrected chi connectivity index (χ2v) is 4.54. The predicted octanol–water partition coefficient (Wildman–Crippen LogP) is 2.48. The minimum Gasteiger partial charge on any atom is -0.496 e. The van der Waals surface area contributed by atoms with Gasteiger partial charge in [-0.2, -0.15) is 0 Å². The van der Waals surface area contributed by atoms with Gasteiger partial charge in [-0.25, -0.2) is 0 Å². The van der Waals surface area contributed by atoms with Gasteiger partial charge in [-0.05, 0) is 24.3 Å². The van der Waals surface area contributed by atoms with Crippen molar-refractivity contribution < 1.29 is 9.53 Å². The topological polar surface area (TPSA) is 55.6 Å². The second-order valence-electron chi connectivity index (χ2n) is 4.54. The number of para-hydroxylation sites is 1. The second kappa shape index (κ2) is 6.10. The molecule has 0 saturated heterocycles. The molecule has 2 rings (SSSR count). The molecule has 2 N–H and O–H groups in total. The van der Waals surface area contributed by atoms with Crippen LogP contribution in [0.15, 0.2) is 48.5 Å². The van der Waals surface area contributed by atoms with Crippen molar-refractivity contribution in [2.45, 2.75) is 6.42 Å². The van der Waals surface area contributed by atoms with Crippen LogP contribution >= 0.6 is 0 Å². The van der Waals surface area contributed by atoms with E-state index < -0.39 is 0 Å². The van der Waals surface area contributed by atoms with Gasteiger partial charge in [0.15, 0.2) is 0 Å². The predicted molar refractivity (Wildman–Crippen MR) is 81.0 cm³/mol. The van der Waals surface area contributed by atoms with Crippen LogP contribution in [0, 0.1) is 0 Å². The van der Waals surface area contributed by atoms with E-state index in [2.05, 4.69) is 0 Å². The van der Waals surface area contributed by atoms with Gasteiger partial charge in [-0.1, -0.05) is 24.3 Å². The van der Waals surface area contributed by atoms with E-state index >= 15 is 0 Å². The lowest BCUT2D eigenvalue weighted by molar-refractivity contribution is -0.117. The zero-order valence-electron chi connectivity index (χ0n) is 11.7. The smallest absolute Gasteiger partial charge is 0.231 e. The minimum absolute atomic E-state index is 0.0138. The number of carbonyl (C=O) groups excluding carboxylic acids is 1. The minimum atomic E-state index is -0.0138. The maximum atomic E-state index is 12.3. The summed E-state index contributed by atoms with van der Waals surface area (Å²) >= 11 is 0. The van der Waals surface area contributed by atoms with Crippen molar-refractivity contribution >= 4 is 17.3 Å². The lowest BCUT2D eigenvalue weighted by Crippen LogP contribution is -2.28. The number of methoxy groups -OCH3 is 1. The van der Waals surface area contributed by atoms with Gasteiger partial charge in [0.2, 0.25) is 5.91 Å². The summed E-state index contributed by atoms with van der Waals surface area (Å²) in [6, 6.07) is 14.8. The largest absolute Gasteiger partial charge is 0.496 e. The molecular formula is C16H18N2O2. The van der Waals surface area contributed by atoms with Gasteiger partial charge in [0.25, 0.3) is 0 Å². The fraction of sp³-hybridized carbons (Fsp3) is 0.188. The molecule has 104 valence electrons. The van der Waals surface area contributed by atoms with E-state index in [0.29, 0.717) is 5.69 Å². The summed E-state index contributed by atoms with van der Waals surface area (Å²) in [5, 5.41) is 0. The molecule has 0 fully saturated rings. The van der Waals surface area contributed by atoms with Crippen molar-refractivity contribution in [1.29, 1.82) is 0 Å². The molecule has 0 radical (unpaired) electrons. The summed E-state index contributed by atoms with van der Waals surface area (Å²) in [4.78, 5) is 13.9. The van der Waals surface area contributed by atoms with E-state index in [-0.39, 0.29) is 12.3 Å². The van der Waals surface area contributed by atoms with E-state index in [0.717, 1.165) is 17.0 Å². The Labute approximate surface area is 118 Å². The molecule has 4 heteroatoms. The third kappa shape index (κ3) is 3.09. The van der Waals surface area contributed by atoms with Gasteiger partial charge < -0.3 is 15.4 Å². The molecule has 4 nitrogen and oxygen atoms in total. The van der Waals surface area contributed by atoms with Gasteiger partial charge in [-0.3, -0.25) is 4.79 Å². The SMILES string of the molecule is COc1ccccc1CC(=O)N(C)c1cccc(N)c1. The third-order valence-corrected chi connectivity index (χ3v) is 3.17. The van der Waals surface area contributed by atoms with Crippen LogP contribution in [0.1, 0.15) is 5.56 Å². The third-order valence-electron chi connectivity index (χ3n) is 3.17. The number of amides is 1. The molecule has 2 aromatic rings. The normalized spacial score (nSPS) is 10.1. The Morgan fingerprint density at radius 3 is 2.65 bits per heavy atom. The molecule has 0 atom stereocenters. The van der Waals surface area contributed by atoms with E-state index in [4.69, 9.17) is 10.5 Å². The Kier molecular flexibility index (Phi) is 4.25. The van der Waals surface area contributed by atoms with E-state index in [9.17, 15) is 4.79 Å². The molecule has 1 amide bonds. The van der Waals surface area contributed by atoms with Gasteiger partial charge in [0.1, 0.15) is 5.75 Å². The van der Waals surface area contributed by atoms with Crippen molar-refractivity contribution in [2.75, 3.05) is 24.8 Å². The molecule has 0 aliphatic rings. The average molecular weight is 270 g/mol.